The third-order valence-electron chi connectivity index (χ3n) is 5.45. The number of hydrogen-bond donors (Lipinski definition) is 1. The summed E-state index contributed by atoms with van der Waals surface area (Å²) in [5.41, 5.74) is 0.613. The number of anilines is 1. The molecule has 2 heterocycles. The second-order valence-electron chi connectivity index (χ2n) is 7.18. The molecule has 1 aliphatic heterocycles. The molecule has 1 saturated heterocycles. The summed E-state index contributed by atoms with van der Waals surface area (Å²) in [5, 5.41) is 3.44. The van der Waals surface area contributed by atoms with Gasteiger partial charge in [-0.05, 0) is 38.5 Å². The quantitative estimate of drug-likeness (QED) is 0.847. The lowest BCUT2D eigenvalue weighted by Crippen LogP contribution is -2.43. The van der Waals surface area contributed by atoms with Crippen LogP contribution in [0.1, 0.15) is 81.5 Å². The number of nitrogens with zero attached hydrogens (tertiary/aromatic N) is 3. The van der Waals surface area contributed by atoms with Gasteiger partial charge in [-0.1, -0.05) is 32.6 Å². The molecular formula is C19H30N4O. The smallest absolute Gasteiger partial charge is 0.257 e. The van der Waals surface area contributed by atoms with Crippen molar-refractivity contribution in [1.29, 1.82) is 0 Å². The first-order valence-electron chi connectivity index (χ1n) is 9.67. The van der Waals surface area contributed by atoms with E-state index in [1.807, 2.05) is 4.90 Å². The topological polar surface area (TPSA) is 58.1 Å². The molecule has 0 spiro atoms. The minimum atomic E-state index is 0.0857. The molecular weight excluding hydrogens is 300 g/mol. The Labute approximate surface area is 145 Å². The lowest BCUT2D eigenvalue weighted by molar-refractivity contribution is 0.0607. The highest BCUT2D eigenvalue weighted by Gasteiger charge is 2.26. The average molecular weight is 330 g/mol. The lowest BCUT2D eigenvalue weighted by Gasteiger charge is -2.35. The molecule has 1 N–H and O–H groups in total. The fourth-order valence-electron chi connectivity index (χ4n) is 3.98. The van der Waals surface area contributed by atoms with Gasteiger partial charge < -0.3 is 10.2 Å². The number of piperidine rings is 1. The van der Waals surface area contributed by atoms with E-state index < -0.39 is 0 Å². The molecule has 132 valence electrons. The Hall–Kier alpha value is -1.65. The zero-order chi connectivity index (χ0) is 16.8. The van der Waals surface area contributed by atoms with Gasteiger partial charge in [-0.15, -0.1) is 0 Å². The fourth-order valence-corrected chi connectivity index (χ4v) is 3.98. The summed E-state index contributed by atoms with van der Waals surface area (Å²) >= 11 is 0. The van der Waals surface area contributed by atoms with Crippen LogP contribution in [0.5, 0.6) is 0 Å². The molecule has 0 bridgehead atoms. The Bertz CT molecular complexity index is 523. The maximum Gasteiger partial charge on any atom is 0.257 e. The standard InChI is InChI=1S/C19H30N4O/c1-2-17-11-7-8-12-23(17)18(24)15-13-20-19(21-14-15)22-16-9-5-3-4-6-10-16/h13-14,16-17H,2-12H2,1H3,(H,20,21,22). The maximum atomic E-state index is 12.7. The average Bonchev–Trinajstić information content (AvgIpc) is 2.90. The van der Waals surface area contributed by atoms with E-state index in [1.165, 1.54) is 44.9 Å². The van der Waals surface area contributed by atoms with Gasteiger partial charge in [-0.3, -0.25) is 4.79 Å². The minimum Gasteiger partial charge on any atom is -0.351 e. The van der Waals surface area contributed by atoms with E-state index in [2.05, 4.69) is 22.2 Å². The van der Waals surface area contributed by atoms with Crippen LogP contribution >= 0.6 is 0 Å². The van der Waals surface area contributed by atoms with E-state index in [1.54, 1.807) is 12.4 Å². The van der Waals surface area contributed by atoms with E-state index in [0.29, 0.717) is 23.6 Å². The molecule has 24 heavy (non-hydrogen) atoms. The van der Waals surface area contributed by atoms with Crippen LogP contribution in [0.2, 0.25) is 0 Å². The monoisotopic (exact) mass is 330 g/mol. The highest BCUT2D eigenvalue weighted by atomic mass is 16.2. The largest absolute Gasteiger partial charge is 0.351 e. The zero-order valence-corrected chi connectivity index (χ0v) is 14.8. The number of carbonyl (C=O) groups is 1. The molecule has 3 rings (SSSR count). The molecule has 5 nitrogen and oxygen atoms in total. The SMILES string of the molecule is CCC1CCCCN1C(=O)c1cnc(NC2CCCCCC2)nc1. The molecule has 0 aromatic carbocycles. The molecule has 1 amide bonds. The number of carbonyl (C=O) groups excluding carboxylic acids is 1. The Morgan fingerprint density at radius 1 is 1.08 bits per heavy atom. The number of hydrogen-bond acceptors (Lipinski definition) is 4. The van der Waals surface area contributed by atoms with Gasteiger partial charge in [0, 0.05) is 31.0 Å². The van der Waals surface area contributed by atoms with Crippen LogP contribution in [-0.4, -0.2) is 39.4 Å². The number of rotatable bonds is 4. The van der Waals surface area contributed by atoms with Gasteiger partial charge in [0.2, 0.25) is 5.95 Å². The van der Waals surface area contributed by atoms with Crippen molar-refractivity contribution in [2.24, 2.45) is 0 Å². The molecule has 1 atom stereocenters. The van der Waals surface area contributed by atoms with E-state index in [-0.39, 0.29) is 5.91 Å². The van der Waals surface area contributed by atoms with Crippen molar-refractivity contribution >= 4 is 11.9 Å². The van der Waals surface area contributed by atoms with Gasteiger partial charge in [-0.2, -0.15) is 0 Å². The van der Waals surface area contributed by atoms with Gasteiger partial charge in [0.25, 0.3) is 5.91 Å². The normalized spacial score (nSPS) is 22.9. The van der Waals surface area contributed by atoms with Crippen LogP contribution in [0.15, 0.2) is 12.4 Å². The summed E-state index contributed by atoms with van der Waals surface area (Å²) in [4.78, 5) is 23.6. The van der Waals surface area contributed by atoms with Crippen molar-refractivity contribution in [3.05, 3.63) is 18.0 Å². The predicted octanol–water partition coefficient (Wildman–Crippen LogP) is 4.02. The van der Waals surface area contributed by atoms with Crippen molar-refractivity contribution in [3.63, 3.8) is 0 Å². The van der Waals surface area contributed by atoms with Crippen LogP contribution in [0.25, 0.3) is 0 Å². The van der Waals surface area contributed by atoms with Crippen LogP contribution < -0.4 is 5.32 Å². The van der Waals surface area contributed by atoms with Crippen molar-refractivity contribution < 1.29 is 4.79 Å². The molecule has 5 heteroatoms. The second-order valence-corrected chi connectivity index (χ2v) is 7.18. The second kappa shape index (κ2) is 8.45. The summed E-state index contributed by atoms with van der Waals surface area (Å²) in [5.74, 6) is 0.742. The third-order valence-corrected chi connectivity index (χ3v) is 5.45. The van der Waals surface area contributed by atoms with E-state index >= 15 is 0 Å². The molecule has 1 aliphatic carbocycles. The lowest BCUT2D eigenvalue weighted by atomic mass is 9.99. The summed E-state index contributed by atoms with van der Waals surface area (Å²) < 4.78 is 0. The summed E-state index contributed by atoms with van der Waals surface area (Å²) in [6.45, 7) is 3.02. The molecule has 1 aromatic heterocycles. The molecule has 2 aliphatic rings. The van der Waals surface area contributed by atoms with Gasteiger partial charge in [-0.25, -0.2) is 9.97 Å². The van der Waals surface area contributed by atoms with E-state index in [9.17, 15) is 4.79 Å². The first kappa shape index (κ1) is 17.2. The first-order chi connectivity index (χ1) is 11.8. The van der Waals surface area contributed by atoms with Crippen LogP contribution in [0.3, 0.4) is 0 Å². The Kier molecular flexibility index (Phi) is 6.05. The molecule has 2 fully saturated rings. The van der Waals surface area contributed by atoms with Crippen LogP contribution in [0, 0.1) is 0 Å². The van der Waals surface area contributed by atoms with Crippen molar-refractivity contribution in [2.75, 3.05) is 11.9 Å². The van der Waals surface area contributed by atoms with Crippen LogP contribution in [-0.2, 0) is 0 Å². The van der Waals surface area contributed by atoms with Crippen molar-refractivity contribution in [1.82, 2.24) is 14.9 Å². The first-order valence-corrected chi connectivity index (χ1v) is 9.67. The van der Waals surface area contributed by atoms with E-state index in [4.69, 9.17) is 0 Å². The van der Waals surface area contributed by atoms with Gasteiger partial charge >= 0.3 is 0 Å². The Balaban J connectivity index is 1.61. The number of amides is 1. The molecule has 0 radical (unpaired) electrons. The van der Waals surface area contributed by atoms with Gasteiger partial charge in [0.15, 0.2) is 0 Å². The van der Waals surface area contributed by atoms with Crippen LogP contribution in [0.4, 0.5) is 5.95 Å². The zero-order valence-electron chi connectivity index (χ0n) is 14.8. The van der Waals surface area contributed by atoms with Gasteiger partial charge in [0.05, 0.1) is 5.56 Å². The van der Waals surface area contributed by atoms with Crippen molar-refractivity contribution in [2.45, 2.75) is 83.2 Å². The number of nitrogens with one attached hydrogen (secondary N) is 1. The highest BCUT2D eigenvalue weighted by Crippen LogP contribution is 2.22. The maximum absolute atomic E-state index is 12.7. The van der Waals surface area contributed by atoms with Gasteiger partial charge in [0.1, 0.15) is 0 Å². The third kappa shape index (κ3) is 4.25. The molecule has 1 saturated carbocycles. The van der Waals surface area contributed by atoms with Crippen molar-refractivity contribution in [3.8, 4) is 0 Å². The summed E-state index contributed by atoms with van der Waals surface area (Å²) in [6, 6.07) is 0.843. The highest BCUT2D eigenvalue weighted by molar-refractivity contribution is 5.94. The number of likely N-dealkylation sites (tertiary alicyclic amines) is 1. The Morgan fingerprint density at radius 2 is 1.75 bits per heavy atom. The van der Waals surface area contributed by atoms with E-state index in [0.717, 1.165) is 25.8 Å². The molecule has 1 unspecified atom stereocenters. The molecule has 1 aromatic rings. The minimum absolute atomic E-state index is 0.0857. The summed E-state index contributed by atoms with van der Waals surface area (Å²) in [7, 11) is 0. The fraction of sp³-hybridized carbons (Fsp3) is 0.737. The predicted molar refractivity (Wildman–Crippen MR) is 96.1 cm³/mol. The Morgan fingerprint density at radius 3 is 2.42 bits per heavy atom. The summed E-state index contributed by atoms with van der Waals surface area (Å²) in [6.07, 6.45) is 15.5. The number of aromatic nitrogens is 2.